The lowest BCUT2D eigenvalue weighted by Gasteiger charge is -2.40. The van der Waals surface area contributed by atoms with Crippen LogP contribution in [0.25, 0.3) is 0 Å². The Kier molecular flexibility index (Phi) is 12.8. The number of rotatable bonds is 18. The minimum Gasteiger partial charge on any atom is -0.327 e. The zero-order valence-corrected chi connectivity index (χ0v) is 17.5. The van der Waals surface area contributed by atoms with E-state index in [0.29, 0.717) is 25.7 Å². The summed E-state index contributed by atoms with van der Waals surface area (Å²) in [6.07, 6.45) is 14.8. The van der Waals surface area contributed by atoms with Crippen molar-refractivity contribution in [2.75, 3.05) is 19.8 Å². The highest BCUT2D eigenvalue weighted by molar-refractivity contribution is 4.87. The molecule has 1 rings (SSSR count). The summed E-state index contributed by atoms with van der Waals surface area (Å²) in [7, 11) is 0. The van der Waals surface area contributed by atoms with Crippen molar-refractivity contribution in [3.8, 4) is 0 Å². The first kappa shape index (κ1) is 22.9. The normalized spacial score (nSPS) is 16.3. The van der Waals surface area contributed by atoms with Gasteiger partial charge in [-0.25, -0.2) is 0 Å². The zero-order valence-electron chi connectivity index (χ0n) is 17.5. The Balaban J connectivity index is 2.68. The molecule has 0 heterocycles. The van der Waals surface area contributed by atoms with Crippen LogP contribution in [0.2, 0.25) is 0 Å². The molecule has 1 aliphatic rings. The first-order chi connectivity index (χ1) is 12.2. The lowest BCUT2D eigenvalue weighted by Crippen LogP contribution is -2.48. The molecule has 150 valence electrons. The maximum atomic E-state index is 6.30. The van der Waals surface area contributed by atoms with E-state index in [2.05, 4.69) is 27.7 Å². The van der Waals surface area contributed by atoms with Gasteiger partial charge in [0.25, 0.3) is 5.97 Å². The molecular weight excluding hydrogens is 312 g/mol. The van der Waals surface area contributed by atoms with Crippen LogP contribution in [-0.4, -0.2) is 25.8 Å². The summed E-state index contributed by atoms with van der Waals surface area (Å²) in [5, 5.41) is 0. The maximum absolute atomic E-state index is 6.30. The van der Waals surface area contributed by atoms with Gasteiger partial charge in [-0.1, -0.05) is 66.2 Å². The van der Waals surface area contributed by atoms with Crippen molar-refractivity contribution in [2.45, 2.75) is 111 Å². The van der Waals surface area contributed by atoms with Crippen molar-refractivity contribution in [3.63, 3.8) is 0 Å². The van der Waals surface area contributed by atoms with Gasteiger partial charge in [-0.3, -0.25) is 0 Å². The molecule has 0 spiro atoms. The van der Waals surface area contributed by atoms with Gasteiger partial charge in [0.15, 0.2) is 0 Å². The molecule has 1 saturated carbocycles. The van der Waals surface area contributed by atoms with Crippen molar-refractivity contribution in [1.29, 1.82) is 0 Å². The van der Waals surface area contributed by atoms with E-state index in [4.69, 9.17) is 14.2 Å². The fourth-order valence-corrected chi connectivity index (χ4v) is 3.52. The van der Waals surface area contributed by atoms with E-state index in [1.807, 2.05) is 0 Å². The molecule has 0 amide bonds. The number of ether oxygens (including phenoxy) is 3. The summed E-state index contributed by atoms with van der Waals surface area (Å²) >= 11 is 0. The fourth-order valence-electron chi connectivity index (χ4n) is 3.52. The van der Waals surface area contributed by atoms with Crippen LogP contribution in [0.3, 0.4) is 0 Å². The van der Waals surface area contributed by atoms with Crippen molar-refractivity contribution in [2.24, 2.45) is 11.8 Å². The van der Waals surface area contributed by atoms with Gasteiger partial charge in [0, 0.05) is 5.92 Å². The van der Waals surface area contributed by atoms with Gasteiger partial charge in [-0.2, -0.15) is 0 Å². The number of hydrogen-bond donors (Lipinski definition) is 0. The van der Waals surface area contributed by atoms with Gasteiger partial charge in [0.2, 0.25) is 0 Å². The smallest absolute Gasteiger partial charge is 0.286 e. The molecule has 1 atom stereocenters. The van der Waals surface area contributed by atoms with Crippen LogP contribution >= 0.6 is 0 Å². The molecule has 25 heavy (non-hydrogen) atoms. The van der Waals surface area contributed by atoms with Crippen molar-refractivity contribution >= 4 is 0 Å². The van der Waals surface area contributed by atoms with Crippen molar-refractivity contribution in [1.82, 2.24) is 0 Å². The zero-order chi connectivity index (χ0) is 18.4. The predicted molar refractivity (Wildman–Crippen MR) is 106 cm³/mol. The SMILES string of the molecule is CCCCCCCCC(C1CC1)C(OCCC)(OCCC)OCCC. The third-order valence-corrected chi connectivity index (χ3v) is 5.04. The molecule has 3 heteroatoms. The Morgan fingerprint density at radius 2 is 1.16 bits per heavy atom. The van der Waals surface area contributed by atoms with E-state index < -0.39 is 5.97 Å². The average molecular weight is 357 g/mol. The van der Waals surface area contributed by atoms with Crippen molar-refractivity contribution in [3.05, 3.63) is 0 Å². The summed E-state index contributed by atoms with van der Waals surface area (Å²) in [5.74, 6) is 0.316. The summed E-state index contributed by atoms with van der Waals surface area (Å²) in [5.41, 5.74) is 0. The van der Waals surface area contributed by atoms with Gasteiger partial charge in [-0.05, 0) is 44.4 Å². The maximum Gasteiger partial charge on any atom is 0.286 e. The Morgan fingerprint density at radius 3 is 1.60 bits per heavy atom. The molecule has 1 unspecified atom stereocenters. The lowest BCUT2D eigenvalue weighted by atomic mass is 9.92. The molecular formula is C22H44O3. The number of unbranched alkanes of at least 4 members (excludes halogenated alkanes) is 5. The molecule has 3 nitrogen and oxygen atoms in total. The summed E-state index contributed by atoms with van der Waals surface area (Å²) < 4.78 is 18.9. The van der Waals surface area contributed by atoms with E-state index in [-0.39, 0.29) is 0 Å². The second-order valence-corrected chi connectivity index (χ2v) is 7.65. The topological polar surface area (TPSA) is 27.7 Å². The van der Waals surface area contributed by atoms with Gasteiger partial charge in [0.1, 0.15) is 0 Å². The Morgan fingerprint density at radius 1 is 0.680 bits per heavy atom. The summed E-state index contributed by atoms with van der Waals surface area (Å²) in [6.45, 7) is 10.9. The lowest BCUT2D eigenvalue weighted by molar-refractivity contribution is -0.408. The minimum atomic E-state index is -0.799. The second-order valence-electron chi connectivity index (χ2n) is 7.65. The van der Waals surface area contributed by atoms with Gasteiger partial charge < -0.3 is 14.2 Å². The highest BCUT2D eigenvalue weighted by atomic mass is 16.9. The molecule has 1 aliphatic carbocycles. The Hall–Kier alpha value is -0.120. The largest absolute Gasteiger partial charge is 0.327 e. The standard InChI is InChI=1S/C22H44O3/c1-5-9-10-11-12-13-14-21(20-15-16-20)22(23-17-6-2,24-18-7-3)25-19-8-4/h20-21H,5-19H2,1-4H3. The van der Waals surface area contributed by atoms with Crippen LogP contribution in [0.15, 0.2) is 0 Å². The molecule has 0 aromatic heterocycles. The average Bonchev–Trinajstić information content (AvgIpc) is 3.46. The Labute approximate surface area is 157 Å². The summed E-state index contributed by atoms with van der Waals surface area (Å²) in [4.78, 5) is 0. The molecule has 1 fully saturated rings. The molecule has 0 aromatic carbocycles. The van der Waals surface area contributed by atoms with Crippen LogP contribution in [-0.2, 0) is 14.2 Å². The molecule has 0 bridgehead atoms. The Bertz CT molecular complexity index is 280. The van der Waals surface area contributed by atoms with E-state index >= 15 is 0 Å². The quantitative estimate of drug-likeness (QED) is 0.202. The fraction of sp³-hybridized carbons (Fsp3) is 1.00. The van der Waals surface area contributed by atoms with Gasteiger partial charge in [0.05, 0.1) is 19.8 Å². The third kappa shape index (κ3) is 8.88. The van der Waals surface area contributed by atoms with Gasteiger partial charge in [-0.15, -0.1) is 0 Å². The van der Waals surface area contributed by atoms with E-state index in [0.717, 1.165) is 25.2 Å². The van der Waals surface area contributed by atoms with Crippen LogP contribution in [0.1, 0.15) is 105 Å². The molecule has 0 aliphatic heterocycles. The van der Waals surface area contributed by atoms with E-state index in [1.165, 1.54) is 57.8 Å². The first-order valence-electron chi connectivity index (χ1n) is 11.2. The van der Waals surface area contributed by atoms with Crippen LogP contribution in [0, 0.1) is 11.8 Å². The third-order valence-electron chi connectivity index (χ3n) is 5.04. The highest BCUT2D eigenvalue weighted by Crippen LogP contribution is 2.47. The van der Waals surface area contributed by atoms with Crippen molar-refractivity contribution < 1.29 is 14.2 Å². The highest BCUT2D eigenvalue weighted by Gasteiger charge is 2.49. The second kappa shape index (κ2) is 14.0. The predicted octanol–water partition coefficient (Wildman–Crippen LogP) is 6.70. The molecule has 0 saturated heterocycles. The monoisotopic (exact) mass is 356 g/mol. The van der Waals surface area contributed by atoms with Crippen LogP contribution < -0.4 is 0 Å². The minimum absolute atomic E-state index is 0.392. The van der Waals surface area contributed by atoms with E-state index in [9.17, 15) is 0 Å². The molecule has 0 aromatic rings. The van der Waals surface area contributed by atoms with Crippen LogP contribution in [0.5, 0.6) is 0 Å². The molecule has 0 N–H and O–H groups in total. The van der Waals surface area contributed by atoms with E-state index in [1.54, 1.807) is 0 Å². The van der Waals surface area contributed by atoms with Crippen LogP contribution in [0.4, 0.5) is 0 Å². The summed E-state index contributed by atoms with van der Waals surface area (Å²) in [6, 6.07) is 0. The first-order valence-corrected chi connectivity index (χ1v) is 11.2. The molecule has 0 radical (unpaired) electrons. The number of hydrogen-bond acceptors (Lipinski definition) is 3. The van der Waals surface area contributed by atoms with Gasteiger partial charge >= 0.3 is 0 Å².